The van der Waals surface area contributed by atoms with Crippen LogP contribution in [0.4, 0.5) is 5.82 Å². The molecule has 2 N–H and O–H groups in total. The van der Waals surface area contributed by atoms with Crippen LogP contribution >= 0.6 is 22.9 Å². The van der Waals surface area contributed by atoms with Crippen LogP contribution < -0.4 is 5.32 Å². The van der Waals surface area contributed by atoms with E-state index in [-0.39, 0.29) is 0 Å². The van der Waals surface area contributed by atoms with E-state index in [1.807, 2.05) is 32.1 Å². The second-order valence-electron chi connectivity index (χ2n) is 6.24. The first kappa shape index (κ1) is 19.8. The summed E-state index contributed by atoms with van der Waals surface area (Å²) < 4.78 is 5.95. The van der Waals surface area contributed by atoms with Gasteiger partial charge in [-0.25, -0.2) is 9.97 Å². The third-order valence-electron chi connectivity index (χ3n) is 4.37. The molecule has 2 aromatic heterocycles. The van der Waals surface area contributed by atoms with Crippen LogP contribution in [0.25, 0.3) is 10.7 Å². The monoisotopic (exact) mass is 401 g/mol. The molecule has 0 saturated heterocycles. The Labute approximate surface area is 168 Å². The first-order valence-electron chi connectivity index (χ1n) is 8.66. The number of halogens is 1. The third-order valence-corrected chi connectivity index (χ3v) is 5.60. The third kappa shape index (κ3) is 4.33. The van der Waals surface area contributed by atoms with Crippen molar-refractivity contribution in [1.29, 1.82) is 0 Å². The van der Waals surface area contributed by atoms with E-state index >= 15 is 0 Å². The maximum atomic E-state index is 9.99. The molecule has 3 heterocycles. The molecule has 0 saturated carbocycles. The van der Waals surface area contributed by atoms with Crippen LogP contribution in [0.5, 0.6) is 0 Å². The molecule has 0 atom stereocenters. The van der Waals surface area contributed by atoms with Gasteiger partial charge in [-0.2, -0.15) is 0 Å². The van der Waals surface area contributed by atoms with E-state index in [1.165, 1.54) is 11.3 Å². The Bertz CT molecular complexity index is 939. The Morgan fingerprint density at radius 2 is 2.22 bits per heavy atom. The lowest BCUT2D eigenvalue weighted by Gasteiger charge is -2.14. The molecule has 3 rings (SSSR count). The van der Waals surface area contributed by atoms with Gasteiger partial charge in [0.05, 0.1) is 15.8 Å². The number of allylic oxidation sites excluding steroid dienone is 3. The lowest BCUT2D eigenvalue weighted by molar-refractivity contribution is 0.309. The molecule has 1 aliphatic rings. The smallest absolute Gasteiger partial charge is 0.423 e. The standard InChI is InChI=1S/C19H21BClN3O2S/c1-5-13(9-15-11(3)10-26-20(15)25)23-18-14(6-2)12(4)22-19(24-18)16-7-8-17(21)27-16/h5,7-9,25H,1,6,10H2,2-4H3,(H,22,23,24)/b13-9+. The highest BCUT2D eigenvalue weighted by atomic mass is 35.5. The lowest BCUT2D eigenvalue weighted by Crippen LogP contribution is -2.15. The van der Waals surface area contributed by atoms with Crippen LogP contribution in [0.2, 0.25) is 4.34 Å². The molecule has 0 aromatic carbocycles. The first-order chi connectivity index (χ1) is 12.9. The summed E-state index contributed by atoms with van der Waals surface area (Å²) in [7, 11) is -0.914. The number of nitrogens with one attached hydrogen (secondary N) is 1. The first-order valence-corrected chi connectivity index (χ1v) is 9.86. The normalized spacial score (nSPS) is 14.9. The molecule has 0 unspecified atom stereocenters. The highest BCUT2D eigenvalue weighted by Crippen LogP contribution is 2.31. The van der Waals surface area contributed by atoms with Gasteiger partial charge in [0.25, 0.3) is 0 Å². The van der Waals surface area contributed by atoms with E-state index in [1.54, 1.807) is 6.08 Å². The molecule has 5 nitrogen and oxygen atoms in total. The van der Waals surface area contributed by atoms with Crippen molar-refractivity contribution in [2.45, 2.75) is 27.2 Å². The van der Waals surface area contributed by atoms with Crippen LogP contribution in [-0.4, -0.2) is 28.7 Å². The van der Waals surface area contributed by atoms with Gasteiger partial charge in [-0.3, -0.25) is 0 Å². The van der Waals surface area contributed by atoms with Crippen LogP contribution in [0.15, 0.2) is 47.6 Å². The number of nitrogens with zero attached hydrogens (tertiary/aromatic N) is 2. The van der Waals surface area contributed by atoms with Crippen LogP contribution in [0.3, 0.4) is 0 Å². The fourth-order valence-electron chi connectivity index (χ4n) is 2.90. The van der Waals surface area contributed by atoms with Crippen molar-refractivity contribution >= 4 is 35.9 Å². The zero-order valence-electron chi connectivity index (χ0n) is 15.5. The second-order valence-corrected chi connectivity index (χ2v) is 7.96. The largest absolute Gasteiger partial charge is 0.491 e. The lowest BCUT2D eigenvalue weighted by atomic mass is 9.78. The summed E-state index contributed by atoms with van der Waals surface area (Å²) in [6.07, 6.45) is 4.33. The predicted molar refractivity (Wildman–Crippen MR) is 113 cm³/mol. The molecule has 27 heavy (non-hydrogen) atoms. The summed E-state index contributed by atoms with van der Waals surface area (Å²) in [5.74, 6) is 1.36. The highest BCUT2D eigenvalue weighted by molar-refractivity contribution is 7.19. The Morgan fingerprint density at radius 3 is 2.78 bits per heavy atom. The average Bonchev–Trinajstić information content (AvgIpc) is 3.21. The molecule has 0 fully saturated rings. The molecule has 0 bridgehead atoms. The van der Waals surface area contributed by atoms with Crippen molar-refractivity contribution in [3.8, 4) is 10.7 Å². The fraction of sp³-hybridized carbons (Fsp3) is 0.263. The van der Waals surface area contributed by atoms with Crippen molar-refractivity contribution in [3.05, 3.63) is 63.2 Å². The maximum Gasteiger partial charge on any atom is 0.491 e. The minimum absolute atomic E-state index is 0.424. The molecule has 2 aromatic rings. The number of thiophene rings is 1. The van der Waals surface area contributed by atoms with E-state index in [2.05, 4.69) is 23.8 Å². The van der Waals surface area contributed by atoms with Crippen molar-refractivity contribution in [1.82, 2.24) is 9.97 Å². The number of hydrogen-bond acceptors (Lipinski definition) is 6. The van der Waals surface area contributed by atoms with Crippen molar-refractivity contribution < 1.29 is 9.68 Å². The summed E-state index contributed by atoms with van der Waals surface area (Å²) in [4.78, 5) is 10.3. The van der Waals surface area contributed by atoms with Gasteiger partial charge in [0.15, 0.2) is 5.82 Å². The summed E-state index contributed by atoms with van der Waals surface area (Å²) in [6.45, 7) is 10.3. The van der Waals surface area contributed by atoms with Crippen LogP contribution in [0.1, 0.15) is 25.1 Å². The highest BCUT2D eigenvalue weighted by Gasteiger charge is 2.27. The molecule has 8 heteroatoms. The fourth-order valence-corrected chi connectivity index (χ4v) is 3.88. The summed E-state index contributed by atoms with van der Waals surface area (Å²) in [6, 6.07) is 3.76. The van der Waals surface area contributed by atoms with Crippen molar-refractivity contribution in [2.75, 3.05) is 11.9 Å². The Balaban J connectivity index is 2.00. The van der Waals surface area contributed by atoms with Gasteiger partial charge in [-0.1, -0.05) is 25.1 Å². The SMILES string of the molecule is C=C/C(=C\C1=C(C)COB1O)Nc1nc(-c2ccc(Cl)s2)nc(C)c1CC. The molecular weight excluding hydrogens is 381 g/mol. The second kappa shape index (κ2) is 8.40. The number of rotatable bonds is 6. The van der Waals surface area contributed by atoms with Crippen molar-refractivity contribution in [3.63, 3.8) is 0 Å². The zero-order chi connectivity index (χ0) is 19.6. The van der Waals surface area contributed by atoms with Gasteiger partial charge in [0.1, 0.15) is 5.82 Å². The predicted octanol–water partition coefficient (Wildman–Crippen LogP) is 4.58. The molecule has 140 valence electrons. The van der Waals surface area contributed by atoms with E-state index < -0.39 is 7.12 Å². The van der Waals surface area contributed by atoms with Gasteiger partial charge in [0.2, 0.25) is 0 Å². The molecular formula is C19H21BClN3O2S. The average molecular weight is 402 g/mol. The van der Waals surface area contributed by atoms with E-state index in [9.17, 15) is 5.02 Å². The topological polar surface area (TPSA) is 67.3 Å². The van der Waals surface area contributed by atoms with Crippen LogP contribution in [0, 0.1) is 6.92 Å². The molecule has 0 radical (unpaired) electrons. The quantitative estimate of drug-likeness (QED) is 0.548. The van der Waals surface area contributed by atoms with Gasteiger partial charge in [0, 0.05) is 17.0 Å². The molecule has 0 spiro atoms. The van der Waals surface area contributed by atoms with Crippen molar-refractivity contribution in [2.24, 2.45) is 0 Å². The minimum atomic E-state index is -0.914. The molecule has 1 aliphatic heterocycles. The van der Waals surface area contributed by atoms with Gasteiger partial charge in [-0.05, 0) is 55.6 Å². The number of aryl methyl sites for hydroxylation is 1. The minimum Gasteiger partial charge on any atom is -0.423 e. The Morgan fingerprint density at radius 1 is 1.44 bits per heavy atom. The zero-order valence-corrected chi connectivity index (χ0v) is 17.1. The molecule has 0 aliphatic carbocycles. The summed E-state index contributed by atoms with van der Waals surface area (Å²) in [5, 5.41) is 13.3. The van der Waals surface area contributed by atoms with E-state index in [0.29, 0.717) is 16.8 Å². The van der Waals surface area contributed by atoms with Crippen LogP contribution in [-0.2, 0) is 11.1 Å². The number of anilines is 1. The summed E-state index contributed by atoms with van der Waals surface area (Å²) in [5.41, 5.74) is 4.41. The van der Waals surface area contributed by atoms with Gasteiger partial charge >= 0.3 is 7.12 Å². The maximum absolute atomic E-state index is 9.99. The van der Waals surface area contributed by atoms with E-state index in [0.717, 1.165) is 45.1 Å². The Hall–Kier alpha value is -1.93. The summed E-state index contributed by atoms with van der Waals surface area (Å²) >= 11 is 7.51. The van der Waals surface area contributed by atoms with Gasteiger partial charge in [-0.15, -0.1) is 11.3 Å². The molecule has 0 amide bonds. The number of aromatic nitrogens is 2. The van der Waals surface area contributed by atoms with Gasteiger partial charge < -0.3 is 15.0 Å². The Kier molecular flexibility index (Phi) is 6.16. The number of hydrogen-bond donors (Lipinski definition) is 2. The van der Waals surface area contributed by atoms with E-state index in [4.69, 9.17) is 21.2 Å².